The summed E-state index contributed by atoms with van der Waals surface area (Å²) >= 11 is 0. The van der Waals surface area contributed by atoms with Crippen molar-refractivity contribution in [3.63, 3.8) is 0 Å². The summed E-state index contributed by atoms with van der Waals surface area (Å²) in [7, 11) is 0. The van der Waals surface area contributed by atoms with Gasteiger partial charge in [0, 0.05) is 23.0 Å². The molecule has 1 heterocycles. The summed E-state index contributed by atoms with van der Waals surface area (Å²) in [6.07, 6.45) is 4.09. The topological polar surface area (TPSA) is 32.1 Å². The Labute approximate surface area is 138 Å². The van der Waals surface area contributed by atoms with Gasteiger partial charge >= 0.3 is 5.91 Å². The molecule has 0 spiro atoms. The van der Waals surface area contributed by atoms with Gasteiger partial charge in [0.05, 0.1) is 0 Å². The standard InChI is InChI=1S/C20H25N2O/c1-8-13(2)14(3)11-15(4)21-16-9-10-17-18(12-16)22(7)19(23)20(17,5)6/h8-12,21H,4,7H2,1-3,5-6H3/q+1. The van der Waals surface area contributed by atoms with Gasteiger partial charge in [0.25, 0.3) is 0 Å². The molecule has 1 amide bonds. The van der Waals surface area contributed by atoms with E-state index in [9.17, 15) is 4.79 Å². The first-order chi connectivity index (χ1) is 10.7. The lowest BCUT2D eigenvalue weighted by Crippen LogP contribution is -2.27. The van der Waals surface area contributed by atoms with Crippen molar-refractivity contribution >= 4 is 24.0 Å². The fourth-order valence-electron chi connectivity index (χ4n) is 2.75. The molecule has 0 radical (unpaired) electrons. The van der Waals surface area contributed by atoms with E-state index in [1.165, 1.54) is 15.7 Å². The first-order valence-electron chi connectivity index (χ1n) is 7.75. The fourth-order valence-corrected chi connectivity index (χ4v) is 2.75. The van der Waals surface area contributed by atoms with Gasteiger partial charge in [-0.25, -0.2) is 4.79 Å². The van der Waals surface area contributed by atoms with Crippen LogP contribution in [-0.2, 0) is 10.2 Å². The largest absolute Gasteiger partial charge is 0.402 e. The van der Waals surface area contributed by atoms with Crippen molar-refractivity contribution in [3.8, 4) is 0 Å². The quantitative estimate of drug-likeness (QED) is 0.646. The highest BCUT2D eigenvalue weighted by molar-refractivity contribution is 5.90. The Morgan fingerprint density at radius 1 is 1.26 bits per heavy atom. The van der Waals surface area contributed by atoms with Gasteiger partial charge in [0.2, 0.25) is 5.69 Å². The minimum absolute atomic E-state index is 0.0166. The molecule has 0 fully saturated rings. The van der Waals surface area contributed by atoms with Gasteiger partial charge in [-0.05, 0) is 58.4 Å². The van der Waals surface area contributed by atoms with Crippen molar-refractivity contribution in [2.45, 2.75) is 40.0 Å². The number of carbonyl (C=O) groups excluding carboxylic acids is 1. The minimum atomic E-state index is -0.522. The summed E-state index contributed by atoms with van der Waals surface area (Å²) in [5.74, 6) is 0.0166. The molecule has 0 unspecified atom stereocenters. The van der Waals surface area contributed by atoms with Gasteiger partial charge in [-0.15, -0.1) is 4.58 Å². The number of carbonyl (C=O) groups is 1. The van der Waals surface area contributed by atoms with E-state index in [0.717, 1.165) is 22.6 Å². The monoisotopic (exact) mass is 309 g/mol. The Balaban J connectivity index is 2.27. The highest BCUT2D eigenvalue weighted by Gasteiger charge is 2.49. The summed E-state index contributed by atoms with van der Waals surface area (Å²) in [5, 5.41) is 3.28. The second-order valence-electron chi connectivity index (χ2n) is 6.54. The zero-order valence-electron chi connectivity index (χ0n) is 14.7. The average Bonchev–Trinajstić information content (AvgIpc) is 2.67. The lowest BCUT2D eigenvalue weighted by atomic mass is 9.86. The van der Waals surface area contributed by atoms with Crippen LogP contribution in [0.15, 0.2) is 53.8 Å². The SMILES string of the molecule is C=C(C=C(C)C(C)=CC)Nc1ccc2c(c1)[N+](=C)C(=O)C2(C)C. The number of hydrogen-bond acceptors (Lipinski definition) is 2. The fraction of sp³-hybridized carbons (Fsp3) is 0.300. The average molecular weight is 309 g/mol. The summed E-state index contributed by atoms with van der Waals surface area (Å²) in [5.41, 5.74) is 5.43. The van der Waals surface area contributed by atoms with Gasteiger partial charge in [-0.2, -0.15) is 0 Å². The Morgan fingerprint density at radius 3 is 2.52 bits per heavy atom. The second kappa shape index (κ2) is 5.99. The van der Waals surface area contributed by atoms with Gasteiger partial charge < -0.3 is 5.32 Å². The molecular formula is C20H25N2O+. The van der Waals surface area contributed by atoms with Crippen LogP contribution in [0, 0.1) is 0 Å². The van der Waals surface area contributed by atoms with Crippen molar-refractivity contribution < 1.29 is 9.37 Å². The molecular weight excluding hydrogens is 284 g/mol. The van der Waals surface area contributed by atoms with E-state index in [1.54, 1.807) is 0 Å². The van der Waals surface area contributed by atoms with E-state index >= 15 is 0 Å². The molecule has 3 nitrogen and oxygen atoms in total. The predicted molar refractivity (Wildman–Crippen MR) is 97.5 cm³/mol. The normalized spacial score (nSPS) is 17.3. The molecule has 1 aliphatic heterocycles. The smallest absolute Gasteiger partial charge is 0.356 e. The van der Waals surface area contributed by atoms with Crippen molar-refractivity contribution in [1.29, 1.82) is 0 Å². The maximum atomic E-state index is 12.3. The number of hydrogen-bond donors (Lipinski definition) is 1. The van der Waals surface area contributed by atoms with Crippen LogP contribution in [-0.4, -0.2) is 17.2 Å². The molecule has 120 valence electrons. The molecule has 1 N–H and O–H groups in total. The molecule has 1 aliphatic rings. The number of amides is 1. The van der Waals surface area contributed by atoms with E-state index in [4.69, 9.17) is 0 Å². The van der Waals surface area contributed by atoms with Crippen LogP contribution in [0.5, 0.6) is 0 Å². The summed E-state index contributed by atoms with van der Waals surface area (Å²) < 4.78 is 1.48. The van der Waals surface area contributed by atoms with Gasteiger partial charge in [0.15, 0.2) is 0 Å². The third-order valence-electron chi connectivity index (χ3n) is 4.49. The molecule has 2 rings (SSSR count). The van der Waals surface area contributed by atoms with Crippen LogP contribution >= 0.6 is 0 Å². The predicted octanol–water partition coefficient (Wildman–Crippen LogP) is 4.69. The van der Waals surface area contributed by atoms with Crippen molar-refractivity contribution in [3.05, 3.63) is 59.3 Å². The summed E-state index contributed by atoms with van der Waals surface area (Å²) in [4.78, 5) is 12.3. The van der Waals surface area contributed by atoms with E-state index < -0.39 is 5.41 Å². The number of rotatable bonds is 4. The number of anilines is 1. The first-order valence-corrected chi connectivity index (χ1v) is 7.75. The third kappa shape index (κ3) is 3.04. The van der Waals surface area contributed by atoms with Crippen LogP contribution in [0.1, 0.15) is 40.2 Å². The number of nitrogens with one attached hydrogen (secondary N) is 1. The van der Waals surface area contributed by atoms with E-state index in [-0.39, 0.29) is 5.91 Å². The van der Waals surface area contributed by atoms with Crippen LogP contribution in [0.4, 0.5) is 11.4 Å². The minimum Gasteiger partial charge on any atom is -0.356 e. The van der Waals surface area contributed by atoms with E-state index in [2.05, 4.69) is 38.5 Å². The number of benzene rings is 1. The Kier molecular flexibility index (Phi) is 4.42. The molecule has 0 saturated heterocycles. The highest BCUT2D eigenvalue weighted by atomic mass is 16.2. The molecule has 0 bridgehead atoms. The molecule has 23 heavy (non-hydrogen) atoms. The van der Waals surface area contributed by atoms with Crippen LogP contribution < -0.4 is 5.32 Å². The maximum Gasteiger partial charge on any atom is 0.402 e. The van der Waals surface area contributed by atoms with Crippen LogP contribution in [0.3, 0.4) is 0 Å². The lowest BCUT2D eigenvalue weighted by molar-refractivity contribution is -0.355. The third-order valence-corrected chi connectivity index (χ3v) is 4.49. The molecule has 0 aliphatic carbocycles. The zero-order valence-corrected chi connectivity index (χ0v) is 14.7. The lowest BCUT2D eigenvalue weighted by Gasteiger charge is -2.11. The van der Waals surface area contributed by atoms with Crippen LogP contribution in [0.25, 0.3) is 0 Å². The van der Waals surface area contributed by atoms with Gasteiger partial charge in [-0.3, -0.25) is 0 Å². The second-order valence-corrected chi connectivity index (χ2v) is 6.54. The van der Waals surface area contributed by atoms with E-state index in [0.29, 0.717) is 0 Å². The Bertz CT molecular complexity index is 764. The Hall–Kier alpha value is -2.42. The number of fused-ring (bicyclic) bond motifs is 1. The maximum absolute atomic E-state index is 12.3. The molecule has 3 heteroatoms. The van der Waals surface area contributed by atoms with Crippen molar-refractivity contribution in [2.75, 3.05) is 5.32 Å². The van der Waals surface area contributed by atoms with Crippen molar-refractivity contribution in [2.24, 2.45) is 0 Å². The first kappa shape index (κ1) is 16.9. The highest BCUT2D eigenvalue weighted by Crippen LogP contribution is 2.41. The number of allylic oxidation sites excluding steroid dienone is 4. The molecule has 0 aromatic heterocycles. The molecule has 0 saturated carbocycles. The van der Waals surface area contributed by atoms with Gasteiger partial charge in [-0.1, -0.05) is 18.2 Å². The van der Waals surface area contributed by atoms with Gasteiger partial charge in [0.1, 0.15) is 12.1 Å². The molecule has 1 aromatic carbocycles. The van der Waals surface area contributed by atoms with Crippen molar-refractivity contribution in [1.82, 2.24) is 0 Å². The molecule has 0 atom stereocenters. The molecule has 1 aromatic rings. The summed E-state index contributed by atoms with van der Waals surface area (Å²) in [6, 6.07) is 5.91. The Morgan fingerprint density at radius 2 is 1.91 bits per heavy atom. The van der Waals surface area contributed by atoms with E-state index in [1.807, 2.05) is 45.0 Å². The zero-order chi connectivity index (χ0) is 17.4. The van der Waals surface area contributed by atoms with Crippen LogP contribution in [0.2, 0.25) is 0 Å². The summed E-state index contributed by atoms with van der Waals surface area (Å²) in [6.45, 7) is 17.9. The number of nitrogens with zero attached hydrogens (tertiary/aromatic N) is 1.